The molecule has 0 bridgehead atoms. The molecule has 0 aliphatic carbocycles. The molecule has 27 heavy (non-hydrogen) atoms. The van der Waals surface area contributed by atoms with E-state index in [1.165, 1.54) is 0 Å². The summed E-state index contributed by atoms with van der Waals surface area (Å²) < 4.78 is 5.63. The molecule has 2 aromatic rings. The Hall–Kier alpha value is -2.57. The first-order chi connectivity index (χ1) is 12.6. The van der Waals surface area contributed by atoms with Gasteiger partial charge in [0.15, 0.2) is 0 Å². The first-order valence-corrected chi connectivity index (χ1v) is 8.70. The van der Waals surface area contributed by atoms with E-state index in [2.05, 4.69) is 5.32 Å². The molecule has 0 radical (unpaired) electrons. The summed E-state index contributed by atoms with van der Waals surface area (Å²) in [5.41, 5.74) is 6.75. The molecular weight excluding hydrogens is 366 g/mol. The lowest BCUT2D eigenvalue weighted by Crippen LogP contribution is -2.42. The Bertz CT molecular complexity index is 743. The minimum atomic E-state index is -0.734. The number of rotatable bonds is 7. The molecule has 2 unspecified atom stereocenters. The summed E-state index contributed by atoms with van der Waals surface area (Å²) >= 11 is 0. The molecule has 2 amide bonds. The summed E-state index contributed by atoms with van der Waals surface area (Å²) in [5.74, 6) is 0.523. The average molecular weight is 390 g/mol. The monoisotopic (exact) mass is 389 g/mol. The number of carbonyl (C=O) groups excluding carboxylic acids is 2. The third-order valence-electron chi connectivity index (χ3n) is 4.38. The number of hydrogen-bond acceptors (Lipinski definition) is 4. The largest absolute Gasteiger partial charge is 0.492 e. The Kier molecular flexibility index (Phi) is 7.64. The van der Waals surface area contributed by atoms with E-state index >= 15 is 0 Å². The number of carbonyl (C=O) groups is 2. The number of nitrogens with one attached hydrogen (secondary N) is 1. The predicted octanol–water partition coefficient (Wildman–Crippen LogP) is 1.90. The highest BCUT2D eigenvalue weighted by Gasteiger charge is 2.31. The number of amides is 2. The summed E-state index contributed by atoms with van der Waals surface area (Å²) in [4.78, 5) is 26.2. The fourth-order valence-corrected chi connectivity index (χ4v) is 2.98. The number of benzene rings is 2. The van der Waals surface area contributed by atoms with Crippen molar-refractivity contribution in [1.29, 1.82) is 0 Å². The average Bonchev–Trinajstić information content (AvgIpc) is 3.02. The van der Waals surface area contributed by atoms with Crippen LogP contribution >= 0.6 is 12.4 Å². The maximum absolute atomic E-state index is 12.3. The van der Waals surface area contributed by atoms with Crippen LogP contribution in [0.2, 0.25) is 0 Å². The number of halogens is 1. The van der Waals surface area contributed by atoms with E-state index < -0.39 is 6.04 Å². The summed E-state index contributed by atoms with van der Waals surface area (Å²) in [6.45, 7) is 1.38. The zero-order chi connectivity index (χ0) is 18.4. The van der Waals surface area contributed by atoms with Gasteiger partial charge in [0.2, 0.25) is 11.8 Å². The maximum Gasteiger partial charge on any atom is 0.241 e. The standard InChI is InChI=1S/C20H23N3O3.ClH/c21-19(15-7-3-1-4-8-15)20(25)22-16-13-18(24)23(14-16)11-12-26-17-9-5-2-6-10-17;/h1-10,16,19H,11-14,21H2,(H,22,25);1H. The van der Waals surface area contributed by atoms with Crippen LogP contribution < -0.4 is 15.8 Å². The molecule has 0 aromatic heterocycles. The molecular formula is C20H24ClN3O3. The number of nitrogens with zero attached hydrogens (tertiary/aromatic N) is 1. The number of ether oxygens (including phenoxy) is 1. The molecule has 144 valence electrons. The fraction of sp³-hybridized carbons (Fsp3) is 0.300. The van der Waals surface area contributed by atoms with Crippen LogP contribution in [0.4, 0.5) is 0 Å². The normalized spacial score (nSPS) is 17.1. The fourth-order valence-electron chi connectivity index (χ4n) is 2.98. The van der Waals surface area contributed by atoms with Crippen molar-refractivity contribution < 1.29 is 14.3 Å². The first-order valence-electron chi connectivity index (χ1n) is 8.70. The van der Waals surface area contributed by atoms with Gasteiger partial charge in [0.25, 0.3) is 0 Å². The third-order valence-corrected chi connectivity index (χ3v) is 4.38. The predicted molar refractivity (Wildman–Crippen MR) is 106 cm³/mol. The van der Waals surface area contributed by atoms with Crippen LogP contribution in [0.5, 0.6) is 5.75 Å². The van der Waals surface area contributed by atoms with Crippen LogP contribution in [0.25, 0.3) is 0 Å². The highest BCUT2D eigenvalue weighted by Crippen LogP contribution is 2.15. The van der Waals surface area contributed by atoms with E-state index in [0.717, 1.165) is 11.3 Å². The van der Waals surface area contributed by atoms with Crippen molar-refractivity contribution in [3.8, 4) is 5.75 Å². The van der Waals surface area contributed by atoms with Crippen LogP contribution in [0.15, 0.2) is 60.7 Å². The lowest BCUT2D eigenvalue weighted by molar-refractivity contribution is -0.128. The van der Waals surface area contributed by atoms with Gasteiger partial charge in [-0.25, -0.2) is 0 Å². The number of para-hydroxylation sites is 1. The van der Waals surface area contributed by atoms with Gasteiger partial charge < -0.3 is 20.7 Å². The van der Waals surface area contributed by atoms with Crippen molar-refractivity contribution in [3.63, 3.8) is 0 Å². The Morgan fingerprint density at radius 2 is 1.78 bits per heavy atom. The van der Waals surface area contributed by atoms with E-state index in [4.69, 9.17) is 10.5 Å². The Morgan fingerprint density at radius 1 is 1.15 bits per heavy atom. The maximum atomic E-state index is 12.3. The molecule has 6 nitrogen and oxygen atoms in total. The summed E-state index contributed by atoms with van der Waals surface area (Å²) in [7, 11) is 0. The number of hydrogen-bond donors (Lipinski definition) is 2. The van der Waals surface area contributed by atoms with Gasteiger partial charge in [-0.1, -0.05) is 48.5 Å². The summed E-state index contributed by atoms with van der Waals surface area (Å²) in [6.07, 6.45) is 0.290. The van der Waals surface area contributed by atoms with Gasteiger partial charge in [-0.05, 0) is 17.7 Å². The number of nitrogens with two attached hydrogens (primary N) is 1. The van der Waals surface area contributed by atoms with Crippen LogP contribution in [-0.4, -0.2) is 42.5 Å². The highest BCUT2D eigenvalue weighted by molar-refractivity contribution is 5.86. The highest BCUT2D eigenvalue weighted by atomic mass is 35.5. The lowest BCUT2D eigenvalue weighted by Gasteiger charge is -2.19. The Balaban J connectivity index is 0.00000261. The van der Waals surface area contributed by atoms with Gasteiger partial charge in [0.05, 0.1) is 12.6 Å². The van der Waals surface area contributed by atoms with Crippen molar-refractivity contribution >= 4 is 24.2 Å². The molecule has 3 N–H and O–H groups in total. The van der Waals surface area contributed by atoms with Gasteiger partial charge in [-0.3, -0.25) is 9.59 Å². The minimum absolute atomic E-state index is 0. The molecule has 2 aromatic carbocycles. The molecule has 1 aliphatic rings. The zero-order valence-corrected chi connectivity index (χ0v) is 15.7. The molecule has 1 saturated heterocycles. The Morgan fingerprint density at radius 3 is 2.44 bits per heavy atom. The van der Waals surface area contributed by atoms with Crippen LogP contribution in [0.3, 0.4) is 0 Å². The van der Waals surface area contributed by atoms with E-state index in [9.17, 15) is 9.59 Å². The second-order valence-electron chi connectivity index (χ2n) is 6.30. The summed E-state index contributed by atoms with van der Waals surface area (Å²) in [5, 5.41) is 2.88. The smallest absolute Gasteiger partial charge is 0.241 e. The molecule has 3 rings (SSSR count). The second-order valence-corrected chi connectivity index (χ2v) is 6.30. The second kappa shape index (κ2) is 9.94. The van der Waals surface area contributed by atoms with E-state index in [-0.39, 0.29) is 30.3 Å². The lowest BCUT2D eigenvalue weighted by atomic mass is 10.1. The van der Waals surface area contributed by atoms with E-state index in [0.29, 0.717) is 26.1 Å². The molecule has 7 heteroatoms. The minimum Gasteiger partial charge on any atom is -0.492 e. The van der Waals surface area contributed by atoms with Crippen molar-refractivity contribution in [2.75, 3.05) is 19.7 Å². The van der Waals surface area contributed by atoms with Gasteiger partial charge in [0.1, 0.15) is 18.4 Å². The van der Waals surface area contributed by atoms with Crippen LogP contribution in [0, 0.1) is 0 Å². The SMILES string of the molecule is Cl.NC(C(=O)NC1CC(=O)N(CCOc2ccccc2)C1)c1ccccc1. The van der Waals surface area contributed by atoms with Crippen molar-refractivity contribution in [1.82, 2.24) is 10.2 Å². The molecule has 0 spiro atoms. The third kappa shape index (κ3) is 5.70. The topological polar surface area (TPSA) is 84.7 Å². The first kappa shape index (κ1) is 20.7. The van der Waals surface area contributed by atoms with E-state index in [1.807, 2.05) is 60.7 Å². The molecule has 2 atom stereocenters. The van der Waals surface area contributed by atoms with Crippen molar-refractivity contribution in [2.45, 2.75) is 18.5 Å². The van der Waals surface area contributed by atoms with Crippen LogP contribution in [0.1, 0.15) is 18.0 Å². The zero-order valence-electron chi connectivity index (χ0n) is 14.9. The van der Waals surface area contributed by atoms with Gasteiger partial charge in [-0.15, -0.1) is 12.4 Å². The number of likely N-dealkylation sites (tertiary alicyclic amines) is 1. The van der Waals surface area contributed by atoms with Crippen LogP contribution in [-0.2, 0) is 9.59 Å². The molecule has 0 saturated carbocycles. The Labute approximate surface area is 165 Å². The molecule has 1 heterocycles. The van der Waals surface area contributed by atoms with Crippen molar-refractivity contribution in [2.24, 2.45) is 5.73 Å². The summed E-state index contributed by atoms with van der Waals surface area (Å²) in [6, 6.07) is 17.7. The van der Waals surface area contributed by atoms with Crippen molar-refractivity contribution in [3.05, 3.63) is 66.2 Å². The molecule has 1 fully saturated rings. The molecule has 1 aliphatic heterocycles. The van der Waals surface area contributed by atoms with E-state index in [1.54, 1.807) is 4.90 Å². The quantitative estimate of drug-likeness (QED) is 0.757. The van der Waals surface area contributed by atoms with Gasteiger partial charge in [0, 0.05) is 13.0 Å². The van der Waals surface area contributed by atoms with Gasteiger partial charge >= 0.3 is 0 Å². The van der Waals surface area contributed by atoms with Gasteiger partial charge in [-0.2, -0.15) is 0 Å².